The van der Waals surface area contributed by atoms with Crippen molar-refractivity contribution in [1.29, 1.82) is 0 Å². The van der Waals surface area contributed by atoms with Crippen LogP contribution in [0.4, 0.5) is 5.69 Å². The summed E-state index contributed by atoms with van der Waals surface area (Å²) in [6.07, 6.45) is 4.11. The lowest BCUT2D eigenvalue weighted by Crippen LogP contribution is -2.18. The van der Waals surface area contributed by atoms with Gasteiger partial charge in [0.2, 0.25) is 5.91 Å². The first-order valence-corrected chi connectivity index (χ1v) is 10.1. The molecule has 1 amide bonds. The van der Waals surface area contributed by atoms with Crippen LogP contribution in [-0.4, -0.2) is 46.6 Å². The second kappa shape index (κ2) is 6.76. The highest BCUT2D eigenvalue weighted by atomic mass is 32.2. The Morgan fingerprint density at radius 1 is 1.35 bits per heavy atom. The highest BCUT2D eigenvalue weighted by Crippen LogP contribution is 2.25. The molecule has 0 aliphatic carbocycles. The van der Waals surface area contributed by atoms with Gasteiger partial charge in [-0.3, -0.25) is 4.79 Å². The Bertz CT molecular complexity index is 788. The van der Waals surface area contributed by atoms with Gasteiger partial charge in [0.05, 0.1) is 28.6 Å². The van der Waals surface area contributed by atoms with Crippen LogP contribution in [0.1, 0.15) is 6.42 Å². The zero-order valence-electron chi connectivity index (χ0n) is 12.4. The second-order valence-corrected chi connectivity index (χ2v) is 8.87. The van der Waals surface area contributed by atoms with Crippen molar-refractivity contribution in [1.82, 2.24) is 9.78 Å². The summed E-state index contributed by atoms with van der Waals surface area (Å²) in [4.78, 5) is 12.1. The first-order valence-electron chi connectivity index (χ1n) is 7.24. The van der Waals surface area contributed by atoms with Crippen molar-refractivity contribution in [2.24, 2.45) is 0 Å². The summed E-state index contributed by atoms with van der Waals surface area (Å²) >= 11 is 1.40. The number of nitrogens with zero attached hydrogens (tertiary/aromatic N) is 2. The third-order valence-corrected chi connectivity index (χ3v) is 6.85. The third-order valence-electron chi connectivity index (χ3n) is 3.57. The van der Waals surface area contributed by atoms with Crippen molar-refractivity contribution in [2.45, 2.75) is 11.7 Å². The van der Waals surface area contributed by atoms with Gasteiger partial charge in [0.1, 0.15) is 0 Å². The predicted octanol–water partition coefficient (Wildman–Crippen LogP) is 1.73. The maximum atomic E-state index is 12.1. The Kier molecular flexibility index (Phi) is 4.72. The fourth-order valence-corrected chi connectivity index (χ4v) is 5.91. The van der Waals surface area contributed by atoms with E-state index in [0.717, 1.165) is 5.69 Å². The van der Waals surface area contributed by atoms with Crippen molar-refractivity contribution in [3.05, 3.63) is 42.7 Å². The van der Waals surface area contributed by atoms with Gasteiger partial charge in [0.15, 0.2) is 9.84 Å². The van der Waals surface area contributed by atoms with E-state index in [0.29, 0.717) is 12.1 Å². The van der Waals surface area contributed by atoms with E-state index in [1.165, 1.54) is 11.8 Å². The maximum absolute atomic E-state index is 12.1. The molecule has 0 spiro atoms. The van der Waals surface area contributed by atoms with E-state index in [9.17, 15) is 13.2 Å². The molecule has 2 aromatic rings. The molecule has 1 saturated heterocycles. The minimum atomic E-state index is -2.90. The molecular formula is C15H17N3O3S2. The summed E-state index contributed by atoms with van der Waals surface area (Å²) in [5, 5.41) is 7.07. The summed E-state index contributed by atoms with van der Waals surface area (Å²) in [5.41, 5.74) is 1.47. The van der Waals surface area contributed by atoms with Crippen LogP contribution >= 0.6 is 11.8 Å². The summed E-state index contributed by atoms with van der Waals surface area (Å²) in [6.45, 7) is 0. The van der Waals surface area contributed by atoms with Crippen LogP contribution in [0, 0.1) is 0 Å². The molecular weight excluding hydrogens is 334 g/mol. The van der Waals surface area contributed by atoms with Crippen LogP contribution in [0.2, 0.25) is 0 Å². The molecule has 1 aromatic carbocycles. The molecule has 1 atom stereocenters. The number of benzene rings is 1. The van der Waals surface area contributed by atoms with Crippen LogP contribution in [-0.2, 0) is 14.6 Å². The van der Waals surface area contributed by atoms with Gasteiger partial charge in [-0.1, -0.05) is 12.1 Å². The molecule has 1 unspecified atom stereocenters. The Labute approximate surface area is 139 Å². The maximum Gasteiger partial charge on any atom is 0.234 e. The number of para-hydroxylation sites is 2. The highest BCUT2D eigenvalue weighted by Gasteiger charge is 2.28. The molecule has 1 aliphatic rings. The monoisotopic (exact) mass is 351 g/mol. The van der Waals surface area contributed by atoms with E-state index in [4.69, 9.17) is 0 Å². The number of sulfone groups is 1. The summed E-state index contributed by atoms with van der Waals surface area (Å²) in [6, 6.07) is 9.23. The summed E-state index contributed by atoms with van der Waals surface area (Å²) in [7, 11) is -2.90. The number of anilines is 1. The lowest BCUT2D eigenvalue weighted by molar-refractivity contribution is -0.113. The van der Waals surface area contributed by atoms with E-state index < -0.39 is 9.84 Å². The first kappa shape index (κ1) is 16.1. The number of hydrogen-bond acceptors (Lipinski definition) is 5. The number of rotatable bonds is 5. The van der Waals surface area contributed by atoms with Gasteiger partial charge < -0.3 is 5.32 Å². The Morgan fingerprint density at radius 3 is 2.87 bits per heavy atom. The molecule has 1 aromatic heterocycles. The predicted molar refractivity (Wildman–Crippen MR) is 91.7 cm³/mol. The zero-order valence-corrected chi connectivity index (χ0v) is 14.0. The topological polar surface area (TPSA) is 81.1 Å². The largest absolute Gasteiger partial charge is 0.323 e. The van der Waals surface area contributed by atoms with Crippen molar-refractivity contribution in [3.8, 4) is 5.69 Å². The fraction of sp³-hybridized carbons (Fsp3) is 0.333. The third kappa shape index (κ3) is 4.14. The molecule has 8 heteroatoms. The second-order valence-electron chi connectivity index (χ2n) is 5.35. The van der Waals surface area contributed by atoms with Crippen LogP contribution in [0.5, 0.6) is 0 Å². The number of aromatic nitrogens is 2. The van der Waals surface area contributed by atoms with Crippen LogP contribution in [0.3, 0.4) is 0 Å². The molecule has 0 radical (unpaired) electrons. The molecule has 1 fully saturated rings. The van der Waals surface area contributed by atoms with Gasteiger partial charge in [0, 0.05) is 17.6 Å². The fourth-order valence-electron chi connectivity index (χ4n) is 2.46. The number of hydrogen-bond donors (Lipinski definition) is 1. The van der Waals surface area contributed by atoms with Gasteiger partial charge in [-0.15, -0.1) is 11.8 Å². The van der Waals surface area contributed by atoms with E-state index >= 15 is 0 Å². The van der Waals surface area contributed by atoms with Gasteiger partial charge in [0.25, 0.3) is 0 Å². The number of thioether (sulfide) groups is 1. The Morgan fingerprint density at radius 2 is 2.17 bits per heavy atom. The quantitative estimate of drug-likeness (QED) is 0.887. The molecule has 2 heterocycles. The number of nitrogens with one attached hydrogen (secondary N) is 1. The summed E-state index contributed by atoms with van der Waals surface area (Å²) in [5.74, 6) is 0.510. The normalized spacial score (nSPS) is 19.6. The SMILES string of the molecule is O=C(CSC1CCS(=O)(=O)C1)Nc1ccccc1-n1cccn1. The van der Waals surface area contributed by atoms with Crippen molar-refractivity contribution in [3.63, 3.8) is 0 Å². The molecule has 122 valence electrons. The lowest BCUT2D eigenvalue weighted by atomic mass is 10.2. The van der Waals surface area contributed by atoms with E-state index in [2.05, 4.69) is 10.4 Å². The smallest absolute Gasteiger partial charge is 0.234 e. The van der Waals surface area contributed by atoms with Gasteiger partial charge >= 0.3 is 0 Å². The highest BCUT2D eigenvalue weighted by molar-refractivity contribution is 8.02. The molecule has 3 rings (SSSR count). The van der Waals surface area contributed by atoms with Crippen molar-refractivity contribution in [2.75, 3.05) is 22.6 Å². The standard InChI is InChI=1S/C15H17N3O3S2/c19-15(10-22-12-6-9-23(20,21)11-12)17-13-4-1-2-5-14(13)18-8-3-7-16-18/h1-5,7-8,12H,6,9-11H2,(H,17,19). The minimum Gasteiger partial charge on any atom is -0.323 e. The molecule has 0 bridgehead atoms. The van der Waals surface area contributed by atoms with Crippen molar-refractivity contribution < 1.29 is 13.2 Å². The number of amides is 1. The number of carbonyl (C=O) groups is 1. The first-order chi connectivity index (χ1) is 11.0. The average Bonchev–Trinajstić information content (AvgIpc) is 3.15. The van der Waals surface area contributed by atoms with Crippen molar-refractivity contribution >= 4 is 33.2 Å². The van der Waals surface area contributed by atoms with E-state index in [-0.39, 0.29) is 28.4 Å². The molecule has 6 nitrogen and oxygen atoms in total. The lowest BCUT2D eigenvalue weighted by Gasteiger charge is -2.12. The molecule has 1 N–H and O–H groups in total. The molecule has 23 heavy (non-hydrogen) atoms. The van der Waals surface area contributed by atoms with Crippen LogP contribution in [0.25, 0.3) is 5.69 Å². The Balaban J connectivity index is 1.61. The van der Waals surface area contributed by atoms with Gasteiger partial charge in [-0.25, -0.2) is 13.1 Å². The van der Waals surface area contributed by atoms with E-state index in [1.807, 2.05) is 36.5 Å². The van der Waals surface area contributed by atoms with Gasteiger partial charge in [-0.05, 0) is 24.6 Å². The van der Waals surface area contributed by atoms with Gasteiger partial charge in [-0.2, -0.15) is 5.10 Å². The Hall–Kier alpha value is -1.80. The van der Waals surface area contributed by atoms with Crippen LogP contribution < -0.4 is 5.32 Å². The zero-order chi connectivity index (χ0) is 16.3. The molecule has 1 aliphatic heterocycles. The minimum absolute atomic E-state index is 0.0205. The van der Waals surface area contributed by atoms with E-state index in [1.54, 1.807) is 10.9 Å². The molecule has 0 saturated carbocycles. The van der Waals surface area contributed by atoms with Crippen LogP contribution in [0.15, 0.2) is 42.7 Å². The number of carbonyl (C=O) groups excluding carboxylic acids is 1. The summed E-state index contributed by atoms with van der Waals surface area (Å²) < 4.78 is 24.5. The average molecular weight is 351 g/mol.